The minimum Gasteiger partial charge on any atom is -0.478 e. The van der Waals surface area contributed by atoms with Gasteiger partial charge in [0.05, 0.1) is 18.1 Å². The van der Waals surface area contributed by atoms with Gasteiger partial charge in [0.15, 0.2) is 5.82 Å². The van der Waals surface area contributed by atoms with Crippen molar-refractivity contribution in [1.82, 2.24) is 14.9 Å². The fourth-order valence-corrected chi connectivity index (χ4v) is 3.39. The number of fused-ring (bicyclic) bond motifs is 1. The van der Waals surface area contributed by atoms with E-state index in [0.29, 0.717) is 29.1 Å². The smallest absolute Gasteiger partial charge is 0.323 e. The Hall–Kier alpha value is -3.06. The van der Waals surface area contributed by atoms with Gasteiger partial charge in [0.1, 0.15) is 0 Å². The van der Waals surface area contributed by atoms with E-state index in [1.54, 1.807) is 23.1 Å². The number of halogens is 1. The summed E-state index contributed by atoms with van der Waals surface area (Å²) in [7, 11) is 1.50. The van der Waals surface area contributed by atoms with Crippen LogP contribution in [0.1, 0.15) is 0 Å². The van der Waals surface area contributed by atoms with Gasteiger partial charge in [-0.3, -0.25) is 5.32 Å². The third-order valence-electron chi connectivity index (χ3n) is 4.70. The fourth-order valence-electron chi connectivity index (χ4n) is 3.22. The summed E-state index contributed by atoms with van der Waals surface area (Å²) < 4.78 is 5.30. The van der Waals surface area contributed by atoms with Crippen LogP contribution in [0.25, 0.3) is 11.0 Å². The van der Waals surface area contributed by atoms with Gasteiger partial charge in [-0.15, -0.1) is 0 Å². The molecule has 1 aliphatic rings. The van der Waals surface area contributed by atoms with Gasteiger partial charge in [-0.1, -0.05) is 29.8 Å². The Kier molecular flexibility index (Phi) is 5.16. The van der Waals surface area contributed by atoms with Crippen molar-refractivity contribution in [2.45, 2.75) is 0 Å². The number of carbonyl (C=O) groups is 1. The van der Waals surface area contributed by atoms with E-state index in [1.165, 1.54) is 12.8 Å². The van der Waals surface area contributed by atoms with Gasteiger partial charge < -0.3 is 14.5 Å². The second-order valence-corrected chi connectivity index (χ2v) is 6.89. The quantitative estimate of drug-likeness (QED) is 0.730. The number of hydrogen-bond acceptors (Lipinski definition) is 5. The van der Waals surface area contributed by atoms with Gasteiger partial charge in [0.2, 0.25) is 0 Å². The fraction of sp³-hybridized carbons (Fsp3) is 0.250. The zero-order valence-corrected chi connectivity index (χ0v) is 16.2. The largest absolute Gasteiger partial charge is 0.478 e. The lowest BCUT2D eigenvalue weighted by Gasteiger charge is -2.36. The Morgan fingerprint density at radius 3 is 2.50 bits per heavy atom. The maximum atomic E-state index is 12.7. The summed E-state index contributed by atoms with van der Waals surface area (Å²) >= 11 is 6.04. The average Bonchev–Trinajstić information content (AvgIpc) is 2.74. The van der Waals surface area contributed by atoms with Crippen LogP contribution in [0.5, 0.6) is 5.88 Å². The minimum atomic E-state index is -0.221. The first-order valence-electron chi connectivity index (χ1n) is 9.01. The van der Waals surface area contributed by atoms with Gasteiger partial charge in [-0.2, -0.15) is 0 Å². The molecule has 1 aromatic heterocycles. The number of aromatic nitrogens is 2. The van der Waals surface area contributed by atoms with Crippen molar-refractivity contribution >= 4 is 40.2 Å². The molecule has 2 aromatic carbocycles. The maximum Gasteiger partial charge on any atom is 0.323 e. The number of methoxy groups -OCH3 is 1. The molecular weight excluding hydrogens is 378 g/mol. The molecule has 4 rings (SSSR count). The van der Waals surface area contributed by atoms with Crippen molar-refractivity contribution in [2.75, 3.05) is 43.5 Å². The van der Waals surface area contributed by atoms with E-state index in [1.807, 2.05) is 18.2 Å². The Balaban J connectivity index is 1.46. The molecule has 0 bridgehead atoms. The SMILES string of the molecule is COc1nc2ccc(Cl)cc2nc1NC(=O)N1CCN(c2ccccc2)CC1. The summed E-state index contributed by atoms with van der Waals surface area (Å²) in [6, 6.07) is 15.2. The lowest BCUT2D eigenvalue weighted by atomic mass is 10.2. The van der Waals surface area contributed by atoms with Gasteiger partial charge in [0, 0.05) is 36.9 Å². The zero-order chi connectivity index (χ0) is 19.5. The van der Waals surface area contributed by atoms with Gasteiger partial charge >= 0.3 is 6.03 Å². The number of rotatable bonds is 3. The van der Waals surface area contributed by atoms with Crippen molar-refractivity contribution in [2.24, 2.45) is 0 Å². The molecule has 2 heterocycles. The predicted octanol–water partition coefficient (Wildman–Crippen LogP) is 3.65. The van der Waals surface area contributed by atoms with E-state index in [2.05, 4.69) is 32.3 Å². The molecule has 0 unspecified atom stereocenters. The number of piperazine rings is 1. The van der Waals surface area contributed by atoms with E-state index >= 15 is 0 Å². The highest BCUT2D eigenvalue weighted by atomic mass is 35.5. The van der Waals surface area contributed by atoms with E-state index in [9.17, 15) is 4.79 Å². The molecule has 1 N–H and O–H groups in total. The molecule has 0 radical (unpaired) electrons. The van der Waals surface area contributed by atoms with Crippen molar-refractivity contribution in [3.8, 4) is 5.88 Å². The van der Waals surface area contributed by atoms with E-state index < -0.39 is 0 Å². The number of hydrogen-bond donors (Lipinski definition) is 1. The van der Waals surface area contributed by atoms with Crippen LogP contribution in [0.3, 0.4) is 0 Å². The van der Waals surface area contributed by atoms with Crippen LogP contribution < -0.4 is 15.0 Å². The monoisotopic (exact) mass is 397 g/mol. The third-order valence-corrected chi connectivity index (χ3v) is 4.94. The normalized spacial score (nSPS) is 14.2. The van der Waals surface area contributed by atoms with Crippen molar-refractivity contribution in [1.29, 1.82) is 0 Å². The highest BCUT2D eigenvalue weighted by Gasteiger charge is 2.23. The zero-order valence-electron chi connectivity index (χ0n) is 15.4. The molecule has 0 saturated carbocycles. The topological polar surface area (TPSA) is 70.6 Å². The number of para-hydroxylation sites is 1. The molecule has 1 saturated heterocycles. The van der Waals surface area contributed by atoms with Crippen LogP contribution in [-0.4, -0.2) is 54.2 Å². The van der Waals surface area contributed by atoms with Gasteiger partial charge in [-0.05, 0) is 30.3 Å². The molecule has 1 fully saturated rings. The first-order valence-corrected chi connectivity index (χ1v) is 9.39. The van der Waals surface area contributed by atoms with E-state index in [-0.39, 0.29) is 17.7 Å². The number of nitrogens with one attached hydrogen (secondary N) is 1. The van der Waals surface area contributed by atoms with Crippen LogP contribution in [0.4, 0.5) is 16.3 Å². The summed E-state index contributed by atoms with van der Waals surface area (Å²) in [6.45, 7) is 2.78. The number of nitrogens with zero attached hydrogens (tertiary/aromatic N) is 4. The second kappa shape index (κ2) is 7.90. The molecule has 0 spiro atoms. The maximum absolute atomic E-state index is 12.7. The highest BCUT2D eigenvalue weighted by molar-refractivity contribution is 6.31. The van der Waals surface area contributed by atoms with Crippen LogP contribution in [0.15, 0.2) is 48.5 Å². The standard InChI is InChI=1S/C20H20ClN5O2/c1-28-19-18(22-17-13-14(21)7-8-16(17)23-19)24-20(27)26-11-9-25(10-12-26)15-5-3-2-4-6-15/h2-8,13H,9-12H2,1H3,(H,22,24,27). The number of amides is 2. The van der Waals surface area contributed by atoms with Crippen molar-refractivity contribution in [3.63, 3.8) is 0 Å². The molecule has 144 valence electrons. The number of anilines is 2. The lowest BCUT2D eigenvalue weighted by molar-refractivity contribution is 0.208. The van der Waals surface area contributed by atoms with Crippen molar-refractivity contribution in [3.05, 3.63) is 53.6 Å². The first kappa shape index (κ1) is 18.3. The van der Waals surface area contributed by atoms with Gasteiger partial charge in [-0.25, -0.2) is 14.8 Å². The van der Waals surface area contributed by atoms with Crippen LogP contribution in [0, 0.1) is 0 Å². The number of urea groups is 1. The molecule has 8 heteroatoms. The van der Waals surface area contributed by atoms with Crippen LogP contribution >= 0.6 is 11.6 Å². The second-order valence-electron chi connectivity index (χ2n) is 6.45. The number of carbonyl (C=O) groups excluding carboxylic acids is 1. The number of benzene rings is 2. The van der Waals surface area contributed by atoms with Crippen molar-refractivity contribution < 1.29 is 9.53 Å². The van der Waals surface area contributed by atoms with Crippen LogP contribution in [-0.2, 0) is 0 Å². The Morgan fingerprint density at radius 1 is 1.04 bits per heavy atom. The molecule has 0 atom stereocenters. The molecule has 2 amide bonds. The predicted molar refractivity (Wildman–Crippen MR) is 110 cm³/mol. The molecule has 0 aliphatic carbocycles. The summed E-state index contributed by atoms with van der Waals surface area (Å²) in [6.07, 6.45) is 0. The van der Waals surface area contributed by atoms with E-state index in [0.717, 1.165) is 13.1 Å². The minimum absolute atomic E-state index is 0.221. The summed E-state index contributed by atoms with van der Waals surface area (Å²) in [4.78, 5) is 25.6. The Bertz CT molecular complexity index is 991. The Labute approximate surface area is 167 Å². The first-order chi connectivity index (χ1) is 13.6. The lowest BCUT2D eigenvalue weighted by Crippen LogP contribution is -2.50. The molecule has 3 aromatic rings. The molecule has 1 aliphatic heterocycles. The summed E-state index contributed by atoms with van der Waals surface area (Å²) in [5, 5.41) is 3.38. The third kappa shape index (κ3) is 3.80. The summed E-state index contributed by atoms with van der Waals surface area (Å²) in [5.74, 6) is 0.554. The average molecular weight is 398 g/mol. The van der Waals surface area contributed by atoms with Gasteiger partial charge in [0.25, 0.3) is 5.88 Å². The Morgan fingerprint density at radius 2 is 1.79 bits per heavy atom. The molecule has 28 heavy (non-hydrogen) atoms. The number of ether oxygens (including phenoxy) is 1. The summed E-state index contributed by atoms with van der Waals surface area (Å²) in [5.41, 5.74) is 2.41. The molecular formula is C20H20ClN5O2. The van der Waals surface area contributed by atoms with E-state index in [4.69, 9.17) is 16.3 Å². The van der Waals surface area contributed by atoms with Crippen LogP contribution in [0.2, 0.25) is 5.02 Å². The molecule has 7 nitrogen and oxygen atoms in total. The highest BCUT2D eigenvalue weighted by Crippen LogP contribution is 2.25.